The molecule has 1 aromatic rings. The van der Waals surface area contributed by atoms with Gasteiger partial charge in [0.05, 0.1) is 0 Å². The number of ketones is 1. The number of benzene rings is 1. The zero-order valence-corrected chi connectivity index (χ0v) is 10.5. The summed E-state index contributed by atoms with van der Waals surface area (Å²) in [6, 6.07) is 3.42. The highest BCUT2D eigenvalue weighted by Gasteiger charge is 2.09. The predicted molar refractivity (Wildman–Crippen MR) is 63.4 cm³/mol. The van der Waals surface area contributed by atoms with Gasteiger partial charge in [-0.05, 0) is 44.0 Å². The highest BCUT2D eigenvalue weighted by molar-refractivity contribution is 5.77. The van der Waals surface area contributed by atoms with Crippen LogP contribution < -0.4 is 9.47 Å². The van der Waals surface area contributed by atoms with Gasteiger partial charge in [-0.2, -0.15) is 0 Å². The third-order valence-electron chi connectivity index (χ3n) is 2.12. The summed E-state index contributed by atoms with van der Waals surface area (Å²) in [5, 5.41) is 0. The second-order valence-corrected chi connectivity index (χ2v) is 3.97. The standard InChI is InChI=1S/C13H16O4/c1-8-5-12(17-11(4)15)6-9(2)13(8)16-7-10(3)14/h5-6H,7H2,1-4H3. The van der Waals surface area contributed by atoms with Gasteiger partial charge >= 0.3 is 5.97 Å². The van der Waals surface area contributed by atoms with Gasteiger partial charge in [-0.15, -0.1) is 0 Å². The fourth-order valence-electron chi connectivity index (χ4n) is 1.54. The number of carbonyl (C=O) groups excluding carboxylic acids is 2. The molecular formula is C13H16O4. The fraction of sp³-hybridized carbons (Fsp3) is 0.385. The first-order valence-electron chi connectivity index (χ1n) is 5.32. The number of carbonyl (C=O) groups is 2. The van der Waals surface area contributed by atoms with E-state index in [1.54, 1.807) is 12.1 Å². The van der Waals surface area contributed by atoms with Crippen LogP contribution in [0.3, 0.4) is 0 Å². The van der Waals surface area contributed by atoms with Crippen LogP contribution >= 0.6 is 0 Å². The Bertz CT molecular complexity index is 426. The van der Waals surface area contributed by atoms with E-state index in [-0.39, 0.29) is 18.4 Å². The van der Waals surface area contributed by atoms with E-state index in [9.17, 15) is 9.59 Å². The SMILES string of the molecule is CC(=O)COc1c(C)cc(OC(C)=O)cc1C. The van der Waals surface area contributed by atoms with Crippen molar-refractivity contribution in [1.82, 2.24) is 0 Å². The van der Waals surface area contributed by atoms with Crippen molar-refractivity contribution in [3.8, 4) is 11.5 Å². The summed E-state index contributed by atoms with van der Waals surface area (Å²) in [7, 11) is 0. The Hall–Kier alpha value is -1.84. The highest BCUT2D eigenvalue weighted by atomic mass is 16.5. The lowest BCUT2D eigenvalue weighted by atomic mass is 10.1. The van der Waals surface area contributed by atoms with Crippen molar-refractivity contribution in [3.63, 3.8) is 0 Å². The van der Waals surface area contributed by atoms with E-state index < -0.39 is 0 Å². The lowest BCUT2D eigenvalue weighted by molar-refractivity contribution is -0.131. The van der Waals surface area contributed by atoms with Crippen molar-refractivity contribution >= 4 is 11.8 Å². The third kappa shape index (κ3) is 3.90. The molecule has 92 valence electrons. The molecular weight excluding hydrogens is 220 g/mol. The van der Waals surface area contributed by atoms with Crippen LogP contribution in [-0.2, 0) is 9.59 Å². The summed E-state index contributed by atoms with van der Waals surface area (Å²) >= 11 is 0. The molecule has 4 nitrogen and oxygen atoms in total. The largest absolute Gasteiger partial charge is 0.485 e. The van der Waals surface area contributed by atoms with Gasteiger partial charge in [-0.3, -0.25) is 9.59 Å². The highest BCUT2D eigenvalue weighted by Crippen LogP contribution is 2.28. The lowest BCUT2D eigenvalue weighted by Crippen LogP contribution is -2.09. The van der Waals surface area contributed by atoms with E-state index in [0.717, 1.165) is 11.1 Å². The fourth-order valence-corrected chi connectivity index (χ4v) is 1.54. The van der Waals surface area contributed by atoms with Crippen molar-refractivity contribution in [2.45, 2.75) is 27.7 Å². The summed E-state index contributed by atoms with van der Waals surface area (Å²) in [5.41, 5.74) is 1.67. The normalized spacial score (nSPS) is 9.88. The van der Waals surface area contributed by atoms with Gasteiger partial charge in [-0.1, -0.05) is 0 Å². The van der Waals surface area contributed by atoms with E-state index in [4.69, 9.17) is 9.47 Å². The summed E-state index contributed by atoms with van der Waals surface area (Å²) in [6.45, 7) is 6.56. The maximum atomic E-state index is 10.9. The molecule has 0 aromatic heterocycles. The Labute approximate surface area is 101 Å². The monoisotopic (exact) mass is 236 g/mol. The van der Waals surface area contributed by atoms with E-state index in [1.165, 1.54) is 13.8 Å². The molecule has 0 saturated heterocycles. The van der Waals surface area contributed by atoms with Crippen LogP contribution in [0.1, 0.15) is 25.0 Å². The van der Waals surface area contributed by atoms with Crippen molar-refractivity contribution in [2.75, 3.05) is 6.61 Å². The van der Waals surface area contributed by atoms with Crippen LogP contribution in [0.2, 0.25) is 0 Å². The number of ether oxygens (including phenoxy) is 2. The molecule has 1 aromatic carbocycles. The van der Waals surface area contributed by atoms with Crippen LogP contribution in [0.4, 0.5) is 0 Å². The quantitative estimate of drug-likeness (QED) is 0.594. The molecule has 0 fully saturated rings. The second-order valence-electron chi connectivity index (χ2n) is 3.97. The van der Waals surface area contributed by atoms with Crippen LogP contribution in [-0.4, -0.2) is 18.4 Å². The molecule has 0 aliphatic rings. The molecule has 0 atom stereocenters. The van der Waals surface area contributed by atoms with Gasteiger partial charge < -0.3 is 9.47 Å². The van der Waals surface area contributed by atoms with Gasteiger partial charge in [0, 0.05) is 6.92 Å². The summed E-state index contributed by atoms with van der Waals surface area (Å²) in [4.78, 5) is 21.7. The van der Waals surface area contributed by atoms with Crippen LogP contribution in [0.15, 0.2) is 12.1 Å². The van der Waals surface area contributed by atoms with Crippen molar-refractivity contribution < 1.29 is 19.1 Å². The molecule has 1 rings (SSSR count). The van der Waals surface area contributed by atoms with Crippen molar-refractivity contribution in [2.24, 2.45) is 0 Å². The average molecular weight is 236 g/mol. The first kappa shape index (κ1) is 13.2. The topological polar surface area (TPSA) is 52.6 Å². The zero-order chi connectivity index (χ0) is 13.0. The number of hydrogen-bond donors (Lipinski definition) is 0. The molecule has 0 heterocycles. The number of Topliss-reactive ketones (excluding diaryl/α,β-unsaturated/α-hetero) is 1. The number of aryl methyl sites for hydroxylation is 2. The third-order valence-corrected chi connectivity index (χ3v) is 2.12. The van der Waals surface area contributed by atoms with Crippen LogP contribution in [0.25, 0.3) is 0 Å². The molecule has 17 heavy (non-hydrogen) atoms. The van der Waals surface area contributed by atoms with Gasteiger partial charge in [0.15, 0.2) is 5.78 Å². The molecule has 0 radical (unpaired) electrons. The lowest BCUT2D eigenvalue weighted by Gasteiger charge is -2.12. The molecule has 0 aliphatic carbocycles. The Morgan fingerprint density at radius 2 is 1.65 bits per heavy atom. The smallest absolute Gasteiger partial charge is 0.308 e. The summed E-state index contributed by atoms with van der Waals surface area (Å²) in [6.07, 6.45) is 0. The summed E-state index contributed by atoms with van der Waals surface area (Å²) < 4.78 is 10.4. The van der Waals surface area contributed by atoms with Gasteiger partial charge in [0.1, 0.15) is 18.1 Å². The zero-order valence-electron chi connectivity index (χ0n) is 10.5. The second kappa shape index (κ2) is 5.48. The number of hydrogen-bond acceptors (Lipinski definition) is 4. The maximum absolute atomic E-state index is 10.9. The molecule has 0 spiro atoms. The van der Waals surface area contributed by atoms with E-state index in [2.05, 4.69) is 0 Å². The molecule has 0 amide bonds. The van der Waals surface area contributed by atoms with Crippen LogP contribution in [0, 0.1) is 13.8 Å². The molecule has 0 unspecified atom stereocenters. The van der Waals surface area contributed by atoms with Gasteiger partial charge in [-0.25, -0.2) is 0 Å². The van der Waals surface area contributed by atoms with Crippen molar-refractivity contribution in [1.29, 1.82) is 0 Å². The molecule has 0 aliphatic heterocycles. The first-order valence-corrected chi connectivity index (χ1v) is 5.32. The van der Waals surface area contributed by atoms with Gasteiger partial charge in [0.2, 0.25) is 0 Å². The minimum Gasteiger partial charge on any atom is -0.485 e. The minimum atomic E-state index is -0.360. The van der Waals surface area contributed by atoms with Gasteiger partial charge in [0.25, 0.3) is 0 Å². The Kier molecular flexibility index (Phi) is 4.26. The Morgan fingerprint density at radius 3 is 2.06 bits per heavy atom. The molecule has 0 bridgehead atoms. The van der Waals surface area contributed by atoms with Crippen molar-refractivity contribution in [3.05, 3.63) is 23.3 Å². The summed E-state index contributed by atoms with van der Waals surface area (Å²) in [5.74, 6) is 0.757. The van der Waals surface area contributed by atoms with E-state index >= 15 is 0 Å². The predicted octanol–water partition coefficient (Wildman–Crippen LogP) is 2.20. The Morgan fingerprint density at radius 1 is 1.12 bits per heavy atom. The number of rotatable bonds is 4. The Balaban J connectivity index is 2.93. The minimum absolute atomic E-state index is 0.0344. The first-order chi connectivity index (χ1) is 7.90. The average Bonchev–Trinajstić information content (AvgIpc) is 2.14. The van der Waals surface area contributed by atoms with E-state index in [0.29, 0.717) is 11.5 Å². The maximum Gasteiger partial charge on any atom is 0.308 e. The molecule has 4 heteroatoms. The number of esters is 1. The van der Waals surface area contributed by atoms with Crippen LogP contribution in [0.5, 0.6) is 11.5 Å². The van der Waals surface area contributed by atoms with E-state index in [1.807, 2.05) is 13.8 Å². The molecule has 0 N–H and O–H groups in total. The molecule has 0 saturated carbocycles.